The van der Waals surface area contributed by atoms with Crippen molar-refractivity contribution in [3.63, 3.8) is 0 Å². The van der Waals surface area contributed by atoms with Crippen molar-refractivity contribution in [2.45, 2.75) is 25.9 Å². The van der Waals surface area contributed by atoms with Crippen LogP contribution >= 0.6 is 0 Å². The van der Waals surface area contributed by atoms with E-state index in [2.05, 4.69) is 20.0 Å². The van der Waals surface area contributed by atoms with Crippen LogP contribution in [-0.2, 0) is 6.42 Å². The molecule has 0 unspecified atom stereocenters. The summed E-state index contributed by atoms with van der Waals surface area (Å²) < 4.78 is 40.0. The minimum Gasteiger partial charge on any atom is -0.338 e. The van der Waals surface area contributed by atoms with Crippen LogP contribution in [0.15, 0.2) is 4.52 Å². The van der Waals surface area contributed by atoms with Gasteiger partial charge in [-0.3, -0.25) is 0 Å². The van der Waals surface area contributed by atoms with Gasteiger partial charge in [-0.15, -0.1) is 0 Å². The molecule has 0 atom stereocenters. The molecule has 80 valence electrons. The summed E-state index contributed by atoms with van der Waals surface area (Å²) in [6.45, 7) is 2.40. The van der Waals surface area contributed by atoms with Gasteiger partial charge < -0.3 is 9.84 Å². The maximum absolute atomic E-state index is 11.8. The standard InChI is InChI=1S/C7H10F3N3O/c1-2-11-6-12-5(13-14-6)3-4-7(8,9)10/h2-4H2,1H3,(H,11,12,13). The van der Waals surface area contributed by atoms with E-state index in [1.807, 2.05) is 6.92 Å². The van der Waals surface area contributed by atoms with E-state index in [0.717, 1.165) is 0 Å². The maximum Gasteiger partial charge on any atom is 0.389 e. The van der Waals surface area contributed by atoms with Crippen LogP contribution in [0.2, 0.25) is 0 Å². The van der Waals surface area contributed by atoms with Gasteiger partial charge in [-0.25, -0.2) is 0 Å². The lowest BCUT2D eigenvalue weighted by atomic mass is 10.3. The van der Waals surface area contributed by atoms with Crippen molar-refractivity contribution in [2.24, 2.45) is 0 Å². The average Bonchev–Trinajstić information content (AvgIpc) is 2.49. The van der Waals surface area contributed by atoms with Crippen molar-refractivity contribution in [3.8, 4) is 0 Å². The lowest BCUT2D eigenvalue weighted by Gasteiger charge is -2.01. The lowest BCUT2D eigenvalue weighted by molar-refractivity contribution is -0.134. The molecule has 0 saturated heterocycles. The second-order valence-electron chi connectivity index (χ2n) is 2.66. The molecule has 0 bridgehead atoms. The molecule has 14 heavy (non-hydrogen) atoms. The minimum absolute atomic E-state index is 0.0678. The number of hydrogen-bond acceptors (Lipinski definition) is 4. The van der Waals surface area contributed by atoms with E-state index in [1.54, 1.807) is 0 Å². The highest BCUT2D eigenvalue weighted by molar-refractivity contribution is 5.17. The van der Waals surface area contributed by atoms with Gasteiger partial charge in [0.05, 0.1) is 6.42 Å². The zero-order chi connectivity index (χ0) is 10.6. The first kappa shape index (κ1) is 10.8. The van der Waals surface area contributed by atoms with Crippen LogP contribution < -0.4 is 5.32 Å². The van der Waals surface area contributed by atoms with E-state index >= 15 is 0 Å². The van der Waals surface area contributed by atoms with E-state index in [9.17, 15) is 13.2 Å². The van der Waals surface area contributed by atoms with Gasteiger partial charge in [0.25, 0.3) is 0 Å². The van der Waals surface area contributed by atoms with E-state index in [0.29, 0.717) is 6.54 Å². The monoisotopic (exact) mass is 209 g/mol. The molecular weight excluding hydrogens is 199 g/mol. The van der Waals surface area contributed by atoms with Gasteiger partial charge >= 0.3 is 12.2 Å². The van der Waals surface area contributed by atoms with Gasteiger partial charge in [0.15, 0.2) is 5.82 Å². The fourth-order valence-electron chi connectivity index (χ4n) is 0.832. The summed E-state index contributed by atoms with van der Waals surface area (Å²) in [5.41, 5.74) is 0. The molecule has 1 heterocycles. The smallest absolute Gasteiger partial charge is 0.338 e. The fraction of sp³-hybridized carbons (Fsp3) is 0.714. The average molecular weight is 209 g/mol. The number of aromatic nitrogens is 2. The van der Waals surface area contributed by atoms with Crippen molar-refractivity contribution in [3.05, 3.63) is 5.82 Å². The number of hydrogen-bond donors (Lipinski definition) is 1. The van der Waals surface area contributed by atoms with Gasteiger partial charge in [-0.1, -0.05) is 5.16 Å². The number of rotatable bonds is 4. The molecule has 4 nitrogen and oxygen atoms in total. The van der Waals surface area contributed by atoms with Gasteiger partial charge in [-0.2, -0.15) is 18.2 Å². The molecular formula is C7H10F3N3O. The molecule has 1 aromatic heterocycles. The quantitative estimate of drug-likeness (QED) is 0.823. The number of anilines is 1. The summed E-state index contributed by atoms with van der Waals surface area (Å²) in [4.78, 5) is 3.71. The molecule has 0 aliphatic heterocycles. The second-order valence-corrected chi connectivity index (χ2v) is 2.66. The Morgan fingerprint density at radius 3 is 2.71 bits per heavy atom. The molecule has 0 amide bonds. The summed E-state index contributed by atoms with van der Waals surface area (Å²) in [5.74, 6) is 0.0678. The van der Waals surface area contributed by atoms with Crippen molar-refractivity contribution in [2.75, 3.05) is 11.9 Å². The summed E-state index contributed by atoms with van der Waals surface area (Å²) in [6.07, 6.45) is -5.37. The molecule has 7 heteroatoms. The first-order chi connectivity index (χ1) is 6.51. The van der Waals surface area contributed by atoms with Gasteiger partial charge in [0.2, 0.25) is 0 Å². The van der Waals surface area contributed by atoms with Crippen LogP contribution in [0, 0.1) is 0 Å². The highest BCUT2D eigenvalue weighted by Gasteiger charge is 2.27. The zero-order valence-electron chi connectivity index (χ0n) is 7.56. The van der Waals surface area contributed by atoms with Gasteiger partial charge in [0, 0.05) is 13.0 Å². The predicted octanol–water partition coefficient (Wildman–Crippen LogP) is 2.00. The summed E-state index contributed by atoms with van der Waals surface area (Å²) in [6, 6.07) is 0.157. The molecule has 1 rings (SSSR count). The third-order valence-corrected chi connectivity index (χ3v) is 1.43. The van der Waals surface area contributed by atoms with Crippen molar-refractivity contribution >= 4 is 6.01 Å². The van der Waals surface area contributed by atoms with Crippen LogP contribution in [-0.4, -0.2) is 22.9 Å². The third kappa shape index (κ3) is 3.63. The zero-order valence-corrected chi connectivity index (χ0v) is 7.56. The molecule has 0 fully saturated rings. The predicted molar refractivity (Wildman–Crippen MR) is 42.8 cm³/mol. The minimum atomic E-state index is -4.18. The van der Waals surface area contributed by atoms with Gasteiger partial charge in [-0.05, 0) is 6.92 Å². The Morgan fingerprint density at radius 2 is 2.14 bits per heavy atom. The Kier molecular flexibility index (Phi) is 3.32. The highest BCUT2D eigenvalue weighted by Crippen LogP contribution is 2.21. The van der Waals surface area contributed by atoms with Crippen LogP contribution in [0.3, 0.4) is 0 Å². The summed E-state index contributed by atoms with van der Waals surface area (Å²) in [7, 11) is 0. The molecule has 0 aliphatic rings. The first-order valence-corrected chi connectivity index (χ1v) is 4.14. The van der Waals surface area contributed by atoms with Gasteiger partial charge in [0.1, 0.15) is 0 Å². The number of nitrogens with one attached hydrogen (secondary N) is 1. The topological polar surface area (TPSA) is 51.0 Å². The Morgan fingerprint density at radius 1 is 1.43 bits per heavy atom. The van der Waals surface area contributed by atoms with E-state index in [-0.39, 0.29) is 18.3 Å². The second kappa shape index (κ2) is 4.30. The Balaban J connectivity index is 2.44. The van der Waals surface area contributed by atoms with E-state index in [4.69, 9.17) is 0 Å². The summed E-state index contributed by atoms with van der Waals surface area (Å²) in [5, 5.41) is 6.09. The Labute approximate surface area is 78.5 Å². The Hall–Kier alpha value is -1.27. The Bertz CT molecular complexity index is 284. The fourth-order valence-corrected chi connectivity index (χ4v) is 0.832. The van der Waals surface area contributed by atoms with Crippen LogP contribution in [0.5, 0.6) is 0 Å². The number of halogens is 3. The maximum atomic E-state index is 11.8. The summed E-state index contributed by atoms with van der Waals surface area (Å²) >= 11 is 0. The lowest BCUT2D eigenvalue weighted by Crippen LogP contribution is -2.09. The molecule has 0 aliphatic carbocycles. The number of nitrogens with zero attached hydrogens (tertiary/aromatic N) is 2. The van der Waals surface area contributed by atoms with Crippen LogP contribution in [0.4, 0.5) is 19.2 Å². The number of aryl methyl sites for hydroxylation is 1. The van der Waals surface area contributed by atoms with Crippen LogP contribution in [0.25, 0.3) is 0 Å². The van der Waals surface area contributed by atoms with Crippen molar-refractivity contribution in [1.29, 1.82) is 0 Å². The van der Waals surface area contributed by atoms with E-state index < -0.39 is 12.6 Å². The van der Waals surface area contributed by atoms with Crippen molar-refractivity contribution < 1.29 is 17.7 Å². The molecule has 1 aromatic rings. The molecule has 0 aromatic carbocycles. The molecule has 0 saturated carbocycles. The molecule has 0 spiro atoms. The molecule has 0 radical (unpaired) electrons. The largest absolute Gasteiger partial charge is 0.389 e. The number of alkyl halides is 3. The molecule has 1 N–H and O–H groups in total. The van der Waals surface area contributed by atoms with E-state index in [1.165, 1.54) is 0 Å². The highest BCUT2D eigenvalue weighted by atomic mass is 19.4. The normalized spacial score (nSPS) is 11.7. The third-order valence-electron chi connectivity index (χ3n) is 1.43. The van der Waals surface area contributed by atoms with Crippen molar-refractivity contribution in [1.82, 2.24) is 10.1 Å². The van der Waals surface area contributed by atoms with Crippen LogP contribution in [0.1, 0.15) is 19.2 Å². The first-order valence-electron chi connectivity index (χ1n) is 4.14. The SMILES string of the molecule is CCNc1nc(CCC(F)(F)F)no1.